The molecule has 5 heteroatoms. The Balaban J connectivity index is 2.52. The summed E-state index contributed by atoms with van der Waals surface area (Å²) >= 11 is 0. The van der Waals surface area contributed by atoms with Gasteiger partial charge in [0.05, 0.1) is 12.3 Å². The van der Waals surface area contributed by atoms with Crippen LogP contribution < -0.4 is 0 Å². The molecule has 0 amide bonds. The van der Waals surface area contributed by atoms with E-state index in [-0.39, 0.29) is 11.5 Å². The van der Waals surface area contributed by atoms with E-state index in [0.29, 0.717) is 6.61 Å². The predicted octanol–water partition coefficient (Wildman–Crippen LogP) is 2.10. The first-order valence-corrected chi connectivity index (χ1v) is 8.43. The molecule has 0 aromatic carbocycles. The summed E-state index contributed by atoms with van der Waals surface area (Å²) in [5, 5.41) is 0.111. The highest BCUT2D eigenvalue weighted by Crippen LogP contribution is 2.37. The Labute approximate surface area is 97.4 Å². The van der Waals surface area contributed by atoms with E-state index in [2.05, 4.69) is 38.6 Å². The first kappa shape index (κ1) is 13.4. The number of hydrogen-bond donors (Lipinski definition) is 0. The molecule has 0 aromatic heterocycles. The minimum absolute atomic E-state index is 0.111. The summed E-state index contributed by atoms with van der Waals surface area (Å²) in [6, 6.07) is 0. The molecule has 1 saturated heterocycles. The van der Waals surface area contributed by atoms with E-state index in [4.69, 9.17) is 4.43 Å². The molecule has 1 rings (SSSR count). The number of cyclic esters (lactones) is 2. The van der Waals surface area contributed by atoms with Gasteiger partial charge in [-0.2, -0.15) is 0 Å². The summed E-state index contributed by atoms with van der Waals surface area (Å²) in [6.07, 6.45) is 0.160. The van der Waals surface area contributed by atoms with Crippen LogP contribution in [0.1, 0.15) is 27.2 Å². The van der Waals surface area contributed by atoms with Crippen molar-refractivity contribution in [3.8, 4) is 0 Å². The van der Waals surface area contributed by atoms with E-state index in [1.165, 1.54) is 0 Å². The largest absolute Gasteiger partial charge is 0.416 e. The number of ether oxygens (including phenoxy) is 1. The van der Waals surface area contributed by atoms with Gasteiger partial charge < -0.3 is 9.16 Å². The Morgan fingerprint density at radius 2 is 1.94 bits per heavy atom. The van der Waals surface area contributed by atoms with Crippen molar-refractivity contribution < 1.29 is 18.8 Å². The van der Waals surface area contributed by atoms with Gasteiger partial charge in [0.2, 0.25) is 0 Å². The second-order valence-corrected chi connectivity index (χ2v) is 10.6. The third-order valence-electron chi connectivity index (χ3n) is 3.41. The Hall–Kier alpha value is -0.683. The van der Waals surface area contributed by atoms with Crippen LogP contribution in [0.4, 0.5) is 0 Å². The standard InChI is InChI=1S/C11H20O4Si/c1-11(2,3)16(4,5)14-7-8-6-9(12)15-10(8)13/h8H,6-7H2,1-5H3. The molecule has 0 aliphatic carbocycles. The zero-order chi connectivity index (χ0) is 12.6. The molecular weight excluding hydrogens is 224 g/mol. The minimum Gasteiger partial charge on any atom is -0.416 e. The van der Waals surface area contributed by atoms with Gasteiger partial charge in [0.1, 0.15) is 0 Å². The van der Waals surface area contributed by atoms with Crippen molar-refractivity contribution in [1.29, 1.82) is 0 Å². The molecule has 1 unspecified atom stereocenters. The third-order valence-corrected chi connectivity index (χ3v) is 7.91. The Morgan fingerprint density at radius 3 is 2.31 bits per heavy atom. The van der Waals surface area contributed by atoms with Crippen molar-refractivity contribution in [2.75, 3.05) is 6.61 Å². The first-order chi connectivity index (χ1) is 7.13. The molecule has 0 bridgehead atoms. The second kappa shape index (κ2) is 4.29. The van der Waals surface area contributed by atoms with E-state index in [1.807, 2.05) is 0 Å². The van der Waals surface area contributed by atoms with Crippen LogP contribution in [0.3, 0.4) is 0 Å². The van der Waals surface area contributed by atoms with Gasteiger partial charge in [-0.15, -0.1) is 0 Å². The second-order valence-electron chi connectivity index (χ2n) is 5.77. The van der Waals surface area contributed by atoms with Gasteiger partial charge in [-0.25, -0.2) is 0 Å². The van der Waals surface area contributed by atoms with Crippen LogP contribution in [0.5, 0.6) is 0 Å². The normalized spacial score (nSPS) is 22.4. The van der Waals surface area contributed by atoms with E-state index < -0.39 is 26.2 Å². The van der Waals surface area contributed by atoms with Gasteiger partial charge >= 0.3 is 11.9 Å². The van der Waals surface area contributed by atoms with Gasteiger partial charge in [-0.3, -0.25) is 9.59 Å². The molecule has 0 spiro atoms. The molecule has 1 heterocycles. The summed E-state index contributed by atoms with van der Waals surface area (Å²) in [5.41, 5.74) is 0. The molecule has 92 valence electrons. The number of carbonyl (C=O) groups excluding carboxylic acids is 2. The fraction of sp³-hybridized carbons (Fsp3) is 0.818. The number of rotatable bonds is 3. The van der Waals surface area contributed by atoms with Gasteiger partial charge in [0.25, 0.3) is 0 Å². The molecule has 0 saturated carbocycles. The first-order valence-electron chi connectivity index (χ1n) is 5.52. The minimum atomic E-state index is -1.84. The van der Waals surface area contributed by atoms with Crippen molar-refractivity contribution >= 4 is 20.3 Å². The molecule has 1 atom stereocenters. The van der Waals surface area contributed by atoms with Crippen LogP contribution in [-0.4, -0.2) is 26.9 Å². The van der Waals surface area contributed by atoms with Crippen molar-refractivity contribution in [2.24, 2.45) is 5.92 Å². The maximum absolute atomic E-state index is 11.2. The van der Waals surface area contributed by atoms with Gasteiger partial charge in [-0.05, 0) is 18.1 Å². The maximum Gasteiger partial charge on any atom is 0.319 e. The molecular formula is C11H20O4Si. The van der Waals surface area contributed by atoms with Crippen molar-refractivity contribution in [1.82, 2.24) is 0 Å². The Morgan fingerprint density at radius 1 is 1.38 bits per heavy atom. The highest BCUT2D eigenvalue weighted by atomic mass is 28.4. The van der Waals surface area contributed by atoms with E-state index in [1.54, 1.807) is 0 Å². The Bertz CT molecular complexity index is 304. The lowest BCUT2D eigenvalue weighted by molar-refractivity contribution is -0.153. The molecule has 4 nitrogen and oxygen atoms in total. The van der Waals surface area contributed by atoms with E-state index in [0.717, 1.165) is 0 Å². The van der Waals surface area contributed by atoms with Crippen molar-refractivity contribution in [3.63, 3.8) is 0 Å². The molecule has 0 radical (unpaired) electrons. The lowest BCUT2D eigenvalue weighted by Crippen LogP contribution is -2.42. The van der Waals surface area contributed by atoms with E-state index in [9.17, 15) is 9.59 Å². The SMILES string of the molecule is CC(C)(C)[Si](C)(C)OCC1CC(=O)OC1=O. The number of hydrogen-bond acceptors (Lipinski definition) is 4. The van der Waals surface area contributed by atoms with Crippen molar-refractivity contribution in [3.05, 3.63) is 0 Å². The smallest absolute Gasteiger partial charge is 0.319 e. The van der Waals surface area contributed by atoms with Crippen LogP contribution in [0.25, 0.3) is 0 Å². The molecule has 16 heavy (non-hydrogen) atoms. The average Bonchev–Trinajstić information content (AvgIpc) is 2.39. The lowest BCUT2D eigenvalue weighted by Gasteiger charge is -2.36. The number of esters is 2. The van der Waals surface area contributed by atoms with E-state index >= 15 is 0 Å². The summed E-state index contributed by atoms with van der Waals surface area (Å²) < 4.78 is 10.4. The van der Waals surface area contributed by atoms with Crippen LogP contribution in [-0.2, 0) is 18.8 Å². The lowest BCUT2D eigenvalue weighted by atomic mass is 10.1. The van der Waals surface area contributed by atoms with Crippen LogP contribution in [0.2, 0.25) is 18.1 Å². The summed E-state index contributed by atoms with van der Waals surface area (Å²) in [5.74, 6) is -1.28. The number of carbonyl (C=O) groups is 2. The quantitative estimate of drug-likeness (QED) is 0.433. The average molecular weight is 244 g/mol. The van der Waals surface area contributed by atoms with Gasteiger partial charge in [-0.1, -0.05) is 20.8 Å². The van der Waals surface area contributed by atoms with Crippen LogP contribution in [0.15, 0.2) is 0 Å². The highest BCUT2D eigenvalue weighted by molar-refractivity contribution is 6.74. The molecule has 1 fully saturated rings. The predicted molar refractivity (Wildman–Crippen MR) is 62.4 cm³/mol. The zero-order valence-corrected chi connectivity index (χ0v) is 11.6. The fourth-order valence-corrected chi connectivity index (χ4v) is 2.22. The Kier molecular flexibility index (Phi) is 3.59. The van der Waals surface area contributed by atoms with Crippen LogP contribution >= 0.6 is 0 Å². The summed E-state index contributed by atoms with van der Waals surface area (Å²) in [6.45, 7) is 11.0. The van der Waals surface area contributed by atoms with Crippen molar-refractivity contribution in [2.45, 2.75) is 45.3 Å². The third kappa shape index (κ3) is 2.92. The fourth-order valence-electron chi connectivity index (χ4n) is 1.17. The zero-order valence-electron chi connectivity index (χ0n) is 10.6. The molecule has 1 aliphatic rings. The topological polar surface area (TPSA) is 52.6 Å². The molecule has 0 aromatic rings. The molecule has 0 N–H and O–H groups in total. The molecule has 1 aliphatic heterocycles. The van der Waals surface area contributed by atoms with Gasteiger partial charge in [0, 0.05) is 6.61 Å². The van der Waals surface area contributed by atoms with Gasteiger partial charge in [0.15, 0.2) is 8.32 Å². The monoisotopic (exact) mass is 244 g/mol. The van der Waals surface area contributed by atoms with Crippen LogP contribution in [0, 0.1) is 5.92 Å². The maximum atomic E-state index is 11.2. The summed E-state index contributed by atoms with van der Waals surface area (Å²) in [4.78, 5) is 22.1. The summed E-state index contributed by atoms with van der Waals surface area (Å²) in [7, 11) is -1.84. The highest BCUT2D eigenvalue weighted by Gasteiger charge is 2.40.